The van der Waals surface area contributed by atoms with E-state index in [4.69, 9.17) is 14.9 Å². The van der Waals surface area contributed by atoms with Crippen LogP contribution in [0.2, 0.25) is 0 Å². The summed E-state index contributed by atoms with van der Waals surface area (Å²) in [7, 11) is 0.0667. The van der Waals surface area contributed by atoms with Gasteiger partial charge in [-0.15, -0.1) is 0 Å². The second-order valence-electron chi connectivity index (χ2n) is 9.77. The van der Waals surface area contributed by atoms with E-state index in [2.05, 4.69) is 4.98 Å². The van der Waals surface area contributed by atoms with Crippen LogP contribution >= 0.6 is 0 Å². The Bertz CT molecular complexity index is 1420. The number of amides is 1. The number of piperazine rings is 1. The Morgan fingerprint density at radius 1 is 1.18 bits per heavy atom. The minimum atomic E-state index is -1.72. The number of aromatic amines is 1. The number of fused-ring (bicyclic) bond motifs is 1. The lowest BCUT2D eigenvalue weighted by Crippen LogP contribution is -2.59. The molecule has 0 radical (unpaired) electrons. The third-order valence-corrected chi connectivity index (χ3v) is 8.26. The van der Waals surface area contributed by atoms with Crippen molar-refractivity contribution < 1.29 is 28.4 Å². The first-order valence-electron chi connectivity index (χ1n) is 12.6. The monoisotopic (exact) mass is 553 g/mol. The fourth-order valence-electron chi connectivity index (χ4n) is 4.78. The van der Waals surface area contributed by atoms with E-state index in [1.54, 1.807) is 42.3 Å². The lowest BCUT2D eigenvalue weighted by molar-refractivity contribution is -0.154. The number of H-pyrrole nitrogens is 1. The number of rotatable bonds is 8. The van der Waals surface area contributed by atoms with Crippen molar-refractivity contribution >= 4 is 39.6 Å². The van der Waals surface area contributed by atoms with Crippen molar-refractivity contribution in [2.24, 2.45) is 0 Å². The predicted octanol–water partition coefficient (Wildman–Crippen LogP) is 1.93. The molecule has 1 aromatic heterocycles. The molecule has 0 bridgehead atoms. The molecule has 12 heteroatoms. The number of carbonyl (C=O) groups excluding carboxylic acids is 1. The van der Waals surface area contributed by atoms with Crippen LogP contribution in [0.1, 0.15) is 16.7 Å². The molecular formula is C27H31N5O6S. The molecule has 11 nitrogen and oxygen atoms in total. The molecule has 0 saturated carbocycles. The van der Waals surface area contributed by atoms with Crippen LogP contribution in [0.5, 0.6) is 0 Å². The summed E-state index contributed by atoms with van der Waals surface area (Å²) in [6.45, 7) is 3.35. The molecule has 2 saturated heterocycles. The van der Waals surface area contributed by atoms with Crippen molar-refractivity contribution in [3.05, 3.63) is 65.2 Å². The van der Waals surface area contributed by atoms with Crippen molar-refractivity contribution in [1.29, 1.82) is 5.41 Å². The van der Waals surface area contributed by atoms with Crippen LogP contribution in [0.25, 0.3) is 10.9 Å². The van der Waals surface area contributed by atoms with Gasteiger partial charge in [-0.25, -0.2) is 13.3 Å². The van der Waals surface area contributed by atoms with Gasteiger partial charge in [0.05, 0.1) is 26.3 Å². The number of benzene rings is 2. The molecular weight excluding hydrogens is 522 g/mol. The van der Waals surface area contributed by atoms with Gasteiger partial charge in [-0.2, -0.15) is 0 Å². The summed E-state index contributed by atoms with van der Waals surface area (Å²) in [5.74, 6) is -1.28. The Balaban J connectivity index is 1.25. The molecule has 3 aromatic rings. The molecule has 0 spiro atoms. The number of carboxylic acid groups (broad SMARTS) is 1. The molecule has 2 aliphatic heterocycles. The van der Waals surface area contributed by atoms with Crippen LogP contribution in [-0.4, -0.2) is 98.3 Å². The number of ether oxygens (including phenoxy) is 2. The van der Waals surface area contributed by atoms with Gasteiger partial charge < -0.3 is 29.4 Å². The van der Waals surface area contributed by atoms with E-state index in [-0.39, 0.29) is 25.9 Å². The summed E-state index contributed by atoms with van der Waals surface area (Å²) in [4.78, 5) is 31.5. The Morgan fingerprint density at radius 2 is 1.90 bits per heavy atom. The standard InChI is InChI=1S/C27H31N5O6S/c1-17-3-8-21-20(11-17)12-23(29-21)39(36)31-14-22(27(34)35)32(24(33)15-31)13-18-4-6-19(7-5-18)26(28)30(2)16-25-37-9-10-38-25/h3-8,11-12,22,25,28-29H,9-10,13-16H2,1-2H3,(H,34,35). The highest BCUT2D eigenvalue weighted by Crippen LogP contribution is 2.24. The third-order valence-electron chi connectivity index (χ3n) is 6.92. The van der Waals surface area contributed by atoms with Crippen molar-refractivity contribution in [3.63, 3.8) is 0 Å². The second-order valence-corrected chi connectivity index (χ2v) is 11.2. The van der Waals surface area contributed by atoms with Gasteiger partial charge >= 0.3 is 5.97 Å². The Hall–Kier alpha value is -3.58. The van der Waals surface area contributed by atoms with Gasteiger partial charge in [0.25, 0.3) is 0 Å². The number of aryl methyl sites for hydroxylation is 1. The van der Waals surface area contributed by atoms with E-state index in [1.807, 2.05) is 25.1 Å². The van der Waals surface area contributed by atoms with Gasteiger partial charge in [0.15, 0.2) is 6.29 Å². The topological polar surface area (TPSA) is 139 Å². The first kappa shape index (κ1) is 27.0. The first-order valence-corrected chi connectivity index (χ1v) is 13.7. The van der Waals surface area contributed by atoms with Crippen molar-refractivity contribution in [2.45, 2.75) is 30.8 Å². The maximum atomic E-state index is 13.3. The average Bonchev–Trinajstić information content (AvgIpc) is 3.58. The Labute approximate surface area is 228 Å². The molecule has 2 aliphatic rings. The zero-order valence-corrected chi connectivity index (χ0v) is 22.6. The number of aliphatic carboxylic acids is 1. The maximum Gasteiger partial charge on any atom is 0.327 e. The first-order chi connectivity index (χ1) is 18.7. The zero-order valence-electron chi connectivity index (χ0n) is 21.8. The zero-order chi connectivity index (χ0) is 27.7. The van der Waals surface area contributed by atoms with E-state index in [9.17, 15) is 18.9 Å². The molecule has 3 heterocycles. The van der Waals surface area contributed by atoms with E-state index in [0.717, 1.165) is 22.0 Å². The van der Waals surface area contributed by atoms with Crippen molar-refractivity contribution in [3.8, 4) is 0 Å². The molecule has 2 aromatic carbocycles. The molecule has 2 unspecified atom stereocenters. The summed E-state index contributed by atoms with van der Waals surface area (Å²) < 4.78 is 25.6. The Morgan fingerprint density at radius 3 is 2.59 bits per heavy atom. The van der Waals surface area contributed by atoms with Gasteiger partial charge in [-0.05, 0) is 30.7 Å². The van der Waals surface area contributed by atoms with Gasteiger partial charge in [0.1, 0.15) is 27.9 Å². The van der Waals surface area contributed by atoms with E-state index in [0.29, 0.717) is 36.2 Å². The highest BCUT2D eigenvalue weighted by Gasteiger charge is 2.39. The minimum Gasteiger partial charge on any atom is -0.480 e. The van der Waals surface area contributed by atoms with Crippen LogP contribution in [0.3, 0.4) is 0 Å². The molecule has 1 amide bonds. The number of nitrogens with zero attached hydrogens (tertiary/aromatic N) is 3. The number of nitrogens with one attached hydrogen (secondary N) is 2. The largest absolute Gasteiger partial charge is 0.480 e. The molecule has 2 atom stereocenters. The fraction of sp³-hybridized carbons (Fsp3) is 0.370. The molecule has 5 rings (SSSR count). The number of aromatic nitrogens is 1. The molecule has 39 heavy (non-hydrogen) atoms. The van der Waals surface area contributed by atoms with Crippen molar-refractivity contribution in [2.75, 3.05) is 39.9 Å². The van der Waals surface area contributed by atoms with Gasteiger partial charge in [0, 0.05) is 36.6 Å². The summed E-state index contributed by atoms with van der Waals surface area (Å²) in [5.41, 5.74) is 3.30. The fourth-order valence-corrected chi connectivity index (χ4v) is 5.99. The summed E-state index contributed by atoms with van der Waals surface area (Å²) in [5, 5.41) is 19.7. The number of hydrogen-bond acceptors (Lipinski definition) is 6. The lowest BCUT2D eigenvalue weighted by atomic mass is 10.1. The lowest BCUT2D eigenvalue weighted by Gasteiger charge is -2.38. The predicted molar refractivity (Wildman–Crippen MR) is 145 cm³/mol. The van der Waals surface area contributed by atoms with Crippen LogP contribution < -0.4 is 0 Å². The SMILES string of the molecule is Cc1ccc2[nH]c(S(=O)N3CC(=O)N(Cc4ccc(C(=N)N(C)CC5OCCO5)cc4)C(C(=O)O)C3)cc2c1. The molecule has 0 aliphatic carbocycles. The van der Waals surface area contributed by atoms with Crippen molar-refractivity contribution in [1.82, 2.24) is 19.1 Å². The highest BCUT2D eigenvalue weighted by atomic mass is 32.2. The maximum absolute atomic E-state index is 13.3. The van der Waals surface area contributed by atoms with E-state index in [1.165, 1.54) is 9.21 Å². The number of carboxylic acids is 1. The van der Waals surface area contributed by atoms with Crippen LogP contribution in [0.4, 0.5) is 0 Å². The summed E-state index contributed by atoms with van der Waals surface area (Å²) >= 11 is 0. The van der Waals surface area contributed by atoms with E-state index >= 15 is 0 Å². The third kappa shape index (κ3) is 5.88. The number of carbonyl (C=O) groups is 2. The van der Waals surface area contributed by atoms with Gasteiger partial charge in [0.2, 0.25) is 5.91 Å². The van der Waals surface area contributed by atoms with Crippen LogP contribution in [0.15, 0.2) is 53.6 Å². The summed E-state index contributed by atoms with van der Waals surface area (Å²) in [6, 6.07) is 13.5. The Kier molecular flexibility index (Phi) is 7.80. The minimum absolute atomic E-state index is 0.0685. The quantitative estimate of drug-likeness (QED) is 0.286. The molecule has 2 fully saturated rings. The normalized spacial score (nSPS) is 19.5. The second kappa shape index (κ2) is 11.3. The molecule has 206 valence electrons. The summed E-state index contributed by atoms with van der Waals surface area (Å²) in [6.07, 6.45) is -0.359. The average molecular weight is 554 g/mol. The number of amidine groups is 1. The highest BCUT2D eigenvalue weighted by molar-refractivity contribution is 7.82. The van der Waals surface area contributed by atoms with Crippen LogP contribution in [0, 0.1) is 12.3 Å². The van der Waals surface area contributed by atoms with E-state index < -0.39 is 28.9 Å². The smallest absolute Gasteiger partial charge is 0.327 e. The molecule has 3 N–H and O–H groups in total. The number of hydrogen-bond donors (Lipinski definition) is 3. The number of likely N-dealkylation sites (N-methyl/N-ethyl adjacent to an activating group) is 1. The van der Waals surface area contributed by atoms with Crippen LogP contribution in [-0.2, 0) is 36.6 Å². The van der Waals surface area contributed by atoms with Gasteiger partial charge in [-0.3, -0.25) is 10.2 Å². The van der Waals surface area contributed by atoms with Gasteiger partial charge in [-0.1, -0.05) is 35.9 Å².